The van der Waals surface area contributed by atoms with Gasteiger partial charge < -0.3 is 10.1 Å². The van der Waals surface area contributed by atoms with Crippen LogP contribution in [0.25, 0.3) is 0 Å². The third-order valence-electron chi connectivity index (χ3n) is 3.78. The highest BCUT2D eigenvalue weighted by atomic mass is 16.5. The van der Waals surface area contributed by atoms with Crippen molar-refractivity contribution in [2.24, 2.45) is 0 Å². The Morgan fingerprint density at radius 3 is 2.75 bits per heavy atom. The van der Waals surface area contributed by atoms with Crippen LogP contribution in [0.5, 0.6) is 5.88 Å². The smallest absolute Gasteiger partial charge is 0.233 e. The molecule has 0 atom stereocenters. The van der Waals surface area contributed by atoms with Crippen molar-refractivity contribution in [2.75, 3.05) is 13.1 Å². The molecule has 0 unspecified atom stereocenters. The van der Waals surface area contributed by atoms with E-state index in [0.29, 0.717) is 12.6 Å². The number of ether oxygens (including phenoxy) is 1. The Hall–Kier alpha value is -1.81. The molecule has 4 heteroatoms. The number of rotatable bonds is 4. The van der Waals surface area contributed by atoms with E-state index >= 15 is 0 Å². The molecule has 2 aromatic rings. The summed E-state index contributed by atoms with van der Waals surface area (Å²) in [4.78, 5) is 0. The van der Waals surface area contributed by atoms with Gasteiger partial charge in [-0.2, -0.15) is 0 Å². The molecule has 1 aromatic carbocycles. The summed E-state index contributed by atoms with van der Waals surface area (Å²) in [7, 11) is 0. The van der Waals surface area contributed by atoms with Crippen LogP contribution in [0.3, 0.4) is 0 Å². The molecule has 106 valence electrons. The number of piperidine rings is 1. The molecule has 1 N–H and O–H groups in total. The van der Waals surface area contributed by atoms with Gasteiger partial charge in [0.15, 0.2) is 0 Å². The van der Waals surface area contributed by atoms with Gasteiger partial charge in [0.05, 0.1) is 6.04 Å². The molecule has 20 heavy (non-hydrogen) atoms. The number of benzene rings is 1. The van der Waals surface area contributed by atoms with Crippen LogP contribution in [0.4, 0.5) is 0 Å². The second-order valence-corrected chi connectivity index (χ2v) is 5.32. The molecule has 1 saturated heterocycles. The summed E-state index contributed by atoms with van der Waals surface area (Å²) in [5.41, 5.74) is 2.35. The molecule has 3 rings (SSSR count). The summed E-state index contributed by atoms with van der Waals surface area (Å²) in [6.07, 6.45) is 2.28. The van der Waals surface area contributed by atoms with Gasteiger partial charge in [-0.3, -0.25) is 4.68 Å². The summed E-state index contributed by atoms with van der Waals surface area (Å²) in [6, 6.07) is 12.7. The maximum absolute atomic E-state index is 5.80. The maximum atomic E-state index is 5.80. The van der Waals surface area contributed by atoms with Crippen LogP contribution in [0.2, 0.25) is 0 Å². The second-order valence-electron chi connectivity index (χ2n) is 5.32. The van der Waals surface area contributed by atoms with Crippen molar-refractivity contribution >= 4 is 0 Å². The number of aryl methyl sites for hydroxylation is 1. The molecular weight excluding hydrogens is 250 g/mol. The Kier molecular flexibility index (Phi) is 4.02. The topological polar surface area (TPSA) is 39.1 Å². The van der Waals surface area contributed by atoms with Crippen molar-refractivity contribution in [3.63, 3.8) is 0 Å². The van der Waals surface area contributed by atoms with Crippen LogP contribution in [-0.2, 0) is 6.61 Å². The van der Waals surface area contributed by atoms with Gasteiger partial charge in [-0.15, -0.1) is 5.10 Å². The van der Waals surface area contributed by atoms with Crippen molar-refractivity contribution in [1.29, 1.82) is 0 Å². The summed E-state index contributed by atoms with van der Waals surface area (Å²) in [5.74, 6) is 0.727. The minimum absolute atomic E-state index is 0.505. The molecule has 1 aromatic heterocycles. The number of nitrogens with one attached hydrogen (secondary N) is 1. The van der Waals surface area contributed by atoms with E-state index in [9.17, 15) is 0 Å². The van der Waals surface area contributed by atoms with Gasteiger partial charge in [0, 0.05) is 11.8 Å². The van der Waals surface area contributed by atoms with E-state index < -0.39 is 0 Å². The summed E-state index contributed by atoms with van der Waals surface area (Å²) in [5, 5.41) is 8.00. The Labute approximate surface area is 119 Å². The first-order chi connectivity index (χ1) is 9.83. The number of aromatic nitrogens is 2. The molecule has 0 aliphatic carbocycles. The van der Waals surface area contributed by atoms with Gasteiger partial charge in [-0.1, -0.05) is 30.3 Å². The molecule has 0 saturated carbocycles. The first-order valence-corrected chi connectivity index (χ1v) is 7.26. The Balaban J connectivity index is 1.66. The highest BCUT2D eigenvalue weighted by Gasteiger charge is 2.18. The van der Waals surface area contributed by atoms with E-state index in [2.05, 4.69) is 34.2 Å². The van der Waals surface area contributed by atoms with Crippen LogP contribution in [0, 0.1) is 6.92 Å². The number of hydrogen-bond donors (Lipinski definition) is 1. The third kappa shape index (κ3) is 3.02. The lowest BCUT2D eigenvalue weighted by Gasteiger charge is -2.23. The first kappa shape index (κ1) is 13.2. The minimum atomic E-state index is 0.505. The summed E-state index contributed by atoms with van der Waals surface area (Å²) >= 11 is 0. The predicted octanol–water partition coefficient (Wildman–Crippen LogP) is 2.70. The Bertz CT molecular complexity index is 544. The Morgan fingerprint density at radius 1 is 1.25 bits per heavy atom. The normalized spacial score (nSPS) is 16.2. The van der Waals surface area contributed by atoms with Crippen LogP contribution < -0.4 is 10.1 Å². The van der Waals surface area contributed by atoms with Gasteiger partial charge in [-0.25, -0.2) is 0 Å². The standard InChI is InChI=1S/C16H21N3O/c1-13-11-16(20-12-14-5-3-2-4-6-14)18-19(13)15-7-9-17-10-8-15/h2-6,11,15,17H,7-10,12H2,1H3. The average molecular weight is 271 g/mol. The van der Waals surface area contributed by atoms with Crippen molar-refractivity contribution in [3.05, 3.63) is 47.7 Å². The molecular formula is C16H21N3O. The fourth-order valence-electron chi connectivity index (χ4n) is 2.68. The highest BCUT2D eigenvalue weighted by molar-refractivity contribution is 5.18. The molecule has 0 bridgehead atoms. The van der Waals surface area contributed by atoms with E-state index in [1.165, 1.54) is 11.3 Å². The fourth-order valence-corrected chi connectivity index (χ4v) is 2.68. The van der Waals surface area contributed by atoms with Gasteiger partial charge in [0.1, 0.15) is 6.61 Å². The molecule has 2 heterocycles. The first-order valence-electron chi connectivity index (χ1n) is 7.26. The third-order valence-corrected chi connectivity index (χ3v) is 3.78. The number of hydrogen-bond acceptors (Lipinski definition) is 3. The molecule has 0 spiro atoms. The summed E-state index contributed by atoms with van der Waals surface area (Å²) in [6.45, 7) is 4.82. The number of nitrogens with zero attached hydrogens (tertiary/aromatic N) is 2. The van der Waals surface area contributed by atoms with Gasteiger partial charge in [-0.05, 0) is 38.4 Å². The molecule has 4 nitrogen and oxygen atoms in total. The van der Waals surface area contributed by atoms with E-state index in [4.69, 9.17) is 4.74 Å². The SMILES string of the molecule is Cc1cc(OCc2ccccc2)nn1C1CCNCC1. The average Bonchev–Trinajstić information content (AvgIpc) is 2.88. The van der Waals surface area contributed by atoms with Crippen LogP contribution in [-0.4, -0.2) is 22.9 Å². The lowest BCUT2D eigenvalue weighted by Crippen LogP contribution is -2.30. The lowest BCUT2D eigenvalue weighted by molar-refractivity contribution is 0.278. The van der Waals surface area contributed by atoms with Gasteiger partial charge in [0.25, 0.3) is 0 Å². The zero-order chi connectivity index (χ0) is 13.8. The van der Waals surface area contributed by atoms with Crippen molar-refractivity contribution in [1.82, 2.24) is 15.1 Å². The van der Waals surface area contributed by atoms with Crippen LogP contribution >= 0.6 is 0 Å². The van der Waals surface area contributed by atoms with Crippen molar-refractivity contribution in [3.8, 4) is 5.88 Å². The zero-order valence-corrected chi connectivity index (χ0v) is 11.9. The zero-order valence-electron chi connectivity index (χ0n) is 11.9. The highest BCUT2D eigenvalue weighted by Crippen LogP contribution is 2.23. The molecule has 1 aliphatic rings. The van der Waals surface area contributed by atoms with Crippen LogP contribution in [0.15, 0.2) is 36.4 Å². The van der Waals surface area contributed by atoms with E-state index in [1.54, 1.807) is 0 Å². The molecule has 0 radical (unpaired) electrons. The second kappa shape index (κ2) is 6.09. The predicted molar refractivity (Wildman–Crippen MR) is 78.9 cm³/mol. The molecule has 0 amide bonds. The monoisotopic (exact) mass is 271 g/mol. The van der Waals surface area contributed by atoms with E-state index in [0.717, 1.165) is 31.8 Å². The van der Waals surface area contributed by atoms with Gasteiger partial charge >= 0.3 is 0 Å². The minimum Gasteiger partial charge on any atom is -0.472 e. The fraction of sp³-hybridized carbons (Fsp3) is 0.438. The quantitative estimate of drug-likeness (QED) is 0.929. The van der Waals surface area contributed by atoms with Gasteiger partial charge in [0.2, 0.25) is 5.88 Å². The lowest BCUT2D eigenvalue weighted by atomic mass is 10.1. The van der Waals surface area contributed by atoms with E-state index in [1.807, 2.05) is 24.3 Å². The molecule has 1 fully saturated rings. The van der Waals surface area contributed by atoms with Crippen molar-refractivity contribution in [2.45, 2.75) is 32.4 Å². The van der Waals surface area contributed by atoms with E-state index in [-0.39, 0.29) is 0 Å². The van der Waals surface area contributed by atoms with Crippen LogP contribution in [0.1, 0.15) is 30.1 Å². The molecule has 1 aliphatic heterocycles. The largest absolute Gasteiger partial charge is 0.472 e. The van der Waals surface area contributed by atoms with Crippen molar-refractivity contribution < 1.29 is 4.74 Å². The summed E-state index contributed by atoms with van der Waals surface area (Å²) < 4.78 is 7.92. The maximum Gasteiger partial charge on any atom is 0.233 e. The Morgan fingerprint density at radius 2 is 2.00 bits per heavy atom.